The molecule has 1 aliphatic heterocycles. The Bertz CT molecular complexity index is 1240. The van der Waals surface area contributed by atoms with Crippen LogP contribution in [-0.4, -0.2) is 52.9 Å². The van der Waals surface area contributed by atoms with E-state index in [1.165, 1.54) is 7.11 Å². The average molecular weight is 463 g/mol. The Labute approximate surface area is 198 Å². The minimum Gasteiger partial charge on any atom is -0.465 e. The van der Waals surface area contributed by atoms with Gasteiger partial charge in [0.05, 0.1) is 18.2 Å². The predicted molar refractivity (Wildman–Crippen MR) is 129 cm³/mol. The van der Waals surface area contributed by atoms with Gasteiger partial charge in [-0.25, -0.2) is 4.79 Å². The first-order valence-electron chi connectivity index (χ1n) is 11.3. The monoisotopic (exact) mass is 462 g/mol. The number of hydrogen-bond donors (Lipinski definition) is 3. The van der Waals surface area contributed by atoms with E-state index < -0.39 is 11.6 Å². The fourth-order valence-corrected chi connectivity index (χ4v) is 4.27. The van der Waals surface area contributed by atoms with Gasteiger partial charge in [0, 0.05) is 36.6 Å². The van der Waals surface area contributed by atoms with E-state index in [1.54, 1.807) is 24.8 Å². The fourth-order valence-electron chi connectivity index (χ4n) is 4.27. The molecule has 0 saturated heterocycles. The van der Waals surface area contributed by atoms with Gasteiger partial charge in [0.1, 0.15) is 6.04 Å². The minimum atomic E-state index is -1.11. The second-order valence-electron chi connectivity index (χ2n) is 9.30. The van der Waals surface area contributed by atoms with Gasteiger partial charge in [-0.1, -0.05) is 24.3 Å². The molecular weight excluding hydrogens is 432 g/mol. The van der Waals surface area contributed by atoms with E-state index in [0.29, 0.717) is 31.5 Å². The van der Waals surface area contributed by atoms with Crippen LogP contribution in [0.5, 0.6) is 0 Å². The lowest BCUT2D eigenvalue weighted by molar-refractivity contribution is -0.138. The van der Waals surface area contributed by atoms with E-state index in [-0.39, 0.29) is 17.8 Å². The van der Waals surface area contributed by atoms with Crippen molar-refractivity contribution < 1.29 is 19.1 Å². The molecule has 3 aromatic rings. The first kappa shape index (κ1) is 23.5. The highest BCUT2D eigenvalue weighted by Crippen LogP contribution is 2.24. The van der Waals surface area contributed by atoms with Gasteiger partial charge in [0.25, 0.3) is 0 Å². The molecule has 0 fully saturated rings. The van der Waals surface area contributed by atoms with Crippen molar-refractivity contribution in [1.29, 1.82) is 0 Å². The SMILES string of the molecule is COC(=O)c1ccc2c(c1)CCN(C(=O)[C@@H](Cc1c[nH]c3ccccc13)NC(=O)C(C)(C)N)C2. The molecule has 0 saturated carbocycles. The van der Waals surface area contributed by atoms with Crippen molar-refractivity contribution in [3.05, 3.63) is 70.9 Å². The van der Waals surface area contributed by atoms with E-state index >= 15 is 0 Å². The summed E-state index contributed by atoms with van der Waals surface area (Å²) in [6.07, 6.45) is 2.84. The number of nitrogens with one attached hydrogen (secondary N) is 2. The van der Waals surface area contributed by atoms with E-state index in [9.17, 15) is 14.4 Å². The van der Waals surface area contributed by atoms with Crippen molar-refractivity contribution in [3.63, 3.8) is 0 Å². The highest BCUT2D eigenvalue weighted by atomic mass is 16.5. The Balaban J connectivity index is 1.58. The molecule has 1 aliphatic rings. The maximum atomic E-state index is 13.6. The maximum absolute atomic E-state index is 13.6. The molecule has 4 rings (SSSR count). The molecule has 2 amide bonds. The molecule has 34 heavy (non-hydrogen) atoms. The molecule has 178 valence electrons. The molecular formula is C26H30N4O4. The number of hydrogen-bond acceptors (Lipinski definition) is 5. The zero-order valence-corrected chi connectivity index (χ0v) is 19.7. The summed E-state index contributed by atoms with van der Waals surface area (Å²) in [6.45, 7) is 4.13. The van der Waals surface area contributed by atoms with Crippen LogP contribution in [0, 0.1) is 0 Å². The van der Waals surface area contributed by atoms with E-state index in [1.807, 2.05) is 42.6 Å². The van der Waals surface area contributed by atoms with Crippen LogP contribution in [0.3, 0.4) is 0 Å². The lowest BCUT2D eigenvalue weighted by Gasteiger charge is -2.33. The predicted octanol–water partition coefficient (Wildman–Crippen LogP) is 2.30. The molecule has 1 atom stereocenters. The van der Waals surface area contributed by atoms with Gasteiger partial charge < -0.3 is 25.7 Å². The van der Waals surface area contributed by atoms with Crippen LogP contribution >= 0.6 is 0 Å². The number of methoxy groups -OCH3 is 1. The summed E-state index contributed by atoms with van der Waals surface area (Å²) in [4.78, 5) is 43.2. The summed E-state index contributed by atoms with van der Waals surface area (Å²) in [6, 6.07) is 12.5. The zero-order chi connectivity index (χ0) is 24.5. The third-order valence-electron chi connectivity index (χ3n) is 6.24. The summed E-state index contributed by atoms with van der Waals surface area (Å²) in [7, 11) is 1.35. The molecule has 0 bridgehead atoms. The maximum Gasteiger partial charge on any atom is 0.337 e. The normalized spacial score (nSPS) is 14.4. The summed E-state index contributed by atoms with van der Waals surface area (Å²) in [5.74, 6) is -0.927. The average Bonchev–Trinajstić information content (AvgIpc) is 3.24. The van der Waals surface area contributed by atoms with Crippen LogP contribution in [0.4, 0.5) is 0 Å². The molecule has 2 aromatic carbocycles. The van der Waals surface area contributed by atoms with Crippen LogP contribution < -0.4 is 11.1 Å². The largest absolute Gasteiger partial charge is 0.465 e. The molecule has 8 nitrogen and oxygen atoms in total. The van der Waals surface area contributed by atoms with E-state index in [0.717, 1.165) is 27.6 Å². The van der Waals surface area contributed by atoms with Gasteiger partial charge in [-0.3, -0.25) is 9.59 Å². The highest BCUT2D eigenvalue weighted by Gasteiger charge is 2.32. The lowest BCUT2D eigenvalue weighted by Crippen LogP contribution is -2.57. The number of rotatable bonds is 6. The number of nitrogens with zero attached hydrogens (tertiary/aromatic N) is 1. The number of para-hydroxylation sites is 1. The third kappa shape index (κ3) is 4.82. The molecule has 2 heterocycles. The van der Waals surface area contributed by atoms with Crippen molar-refractivity contribution in [3.8, 4) is 0 Å². The fraction of sp³-hybridized carbons (Fsp3) is 0.346. The second-order valence-corrected chi connectivity index (χ2v) is 9.30. The minimum absolute atomic E-state index is 0.162. The molecule has 0 unspecified atom stereocenters. The number of aromatic amines is 1. The molecule has 0 radical (unpaired) electrons. The van der Waals surface area contributed by atoms with Crippen LogP contribution in [-0.2, 0) is 33.7 Å². The van der Waals surface area contributed by atoms with Crippen molar-refractivity contribution in [2.24, 2.45) is 5.73 Å². The van der Waals surface area contributed by atoms with Crippen molar-refractivity contribution in [2.75, 3.05) is 13.7 Å². The Morgan fingerprint density at radius 3 is 2.68 bits per heavy atom. The van der Waals surface area contributed by atoms with Gasteiger partial charge in [-0.05, 0) is 55.2 Å². The van der Waals surface area contributed by atoms with Gasteiger partial charge in [-0.2, -0.15) is 0 Å². The number of H-pyrrole nitrogens is 1. The van der Waals surface area contributed by atoms with Gasteiger partial charge in [0.2, 0.25) is 11.8 Å². The van der Waals surface area contributed by atoms with Gasteiger partial charge in [0.15, 0.2) is 0 Å². The second kappa shape index (κ2) is 9.30. The van der Waals surface area contributed by atoms with Crippen molar-refractivity contribution in [1.82, 2.24) is 15.2 Å². The highest BCUT2D eigenvalue weighted by molar-refractivity contribution is 5.93. The van der Waals surface area contributed by atoms with Crippen LogP contribution in [0.2, 0.25) is 0 Å². The van der Waals surface area contributed by atoms with Gasteiger partial charge >= 0.3 is 5.97 Å². The smallest absolute Gasteiger partial charge is 0.337 e. The van der Waals surface area contributed by atoms with E-state index in [4.69, 9.17) is 10.5 Å². The lowest BCUT2D eigenvalue weighted by atomic mass is 9.95. The van der Waals surface area contributed by atoms with E-state index in [2.05, 4.69) is 10.3 Å². The van der Waals surface area contributed by atoms with Gasteiger partial charge in [-0.15, -0.1) is 0 Å². The topological polar surface area (TPSA) is 118 Å². The summed E-state index contributed by atoms with van der Waals surface area (Å²) in [5, 5.41) is 3.90. The Morgan fingerprint density at radius 1 is 1.18 bits per heavy atom. The number of benzene rings is 2. The van der Waals surface area contributed by atoms with Crippen LogP contribution in [0.25, 0.3) is 10.9 Å². The quantitative estimate of drug-likeness (QED) is 0.486. The van der Waals surface area contributed by atoms with Crippen LogP contribution in [0.1, 0.15) is 40.9 Å². The number of amides is 2. The molecule has 0 aliphatic carbocycles. The third-order valence-corrected chi connectivity index (χ3v) is 6.24. The Kier molecular flexibility index (Phi) is 6.43. The number of nitrogens with two attached hydrogens (primary N) is 1. The number of fused-ring (bicyclic) bond motifs is 2. The first-order valence-corrected chi connectivity index (χ1v) is 11.3. The number of carbonyl (C=O) groups excluding carboxylic acids is 3. The Morgan fingerprint density at radius 2 is 1.94 bits per heavy atom. The number of esters is 1. The van der Waals surface area contributed by atoms with Crippen molar-refractivity contribution >= 4 is 28.7 Å². The first-order chi connectivity index (χ1) is 16.2. The molecule has 8 heteroatoms. The zero-order valence-electron chi connectivity index (χ0n) is 19.7. The number of ether oxygens (including phenoxy) is 1. The Hall–Kier alpha value is -3.65. The molecule has 0 spiro atoms. The number of carbonyl (C=O) groups is 3. The summed E-state index contributed by atoms with van der Waals surface area (Å²) >= 11 is 0. The summed E-state index contributed by atoms with van der Waals surface area (Å²) < 4.78 is 4.81. The number of aromatic nitrogens is 1. The molecule has 1 aromatic heterocycles. The van der Waals surface area contributed by atoms with Crippen LogP contribution in [0.15, 0.2) is 48.7 Å². The van der Waals surface area contributed by atoms with Crippen molar-refractivity contribution in [2.45, 2.75) is 44.8 Å². The summed E-state index contributed by atoms with van der Waals surface area (Å²) in [5.41, 5.74) is 9.30. The molecule has 4 N–H and O–H groups in total. The standard InChI is InChI=1S/C26H30N4O4/c1-26(2,27)25(33)29-22(13-19-14-28-21-7-5-4-6-20(19)21)23(31)30-11-10-16-12-17(24(32)34-3)8-9-18(16)15-30/h4-9,12,14,22,28H,10-11,13,15,27H2,1-3H3,(H,29,33)/t22-/m1/s1.